The average Bonchev–Trinajstić information content (AvgIpc) is 2.62. The summed E-state index contributed by atoms with van der Waals surface area (Å²) >= 11 is 0. The van der Waals surface area contributed by atoms with Crippen molar-refractivity contribution in [3.05, 3.63) is 72.4 Å². The van der Waals surface area contributed by atoms with Gasteiger partial charge in [0.1, 0.15) is 0 Å². The number of rotatable bonds is 8. The van der Waals surface area contributed by atoms with Crippen molar-refractivity contribution in [2.24, 2.45) is 0 Å². The topological polar surface area (TPSA) is 35.9 Å². The number of hydrogen-bond acceptors (Lipinski definition) is 2. The van der Waals surface area contributed by atoms with Gasteiger partial charge in [0.05, 0.1) is 0 Å². The van der Waals surface area contributed by atoms with Crippen LogP contribution in [0.25, 0.3) is 16.7 Å². The van der Waals surface area contributed by atoms with E-state index in [1.165, 1.54) is 27.8 Å². The van der Waals surface area contributed by atoms with Gasteiger partial charge in [-0.05, 0) is 65.3 Å². The second-order valence-electron chi connectivity index (χ2n) is 7.05. The Hall–Kier alpha value is -2.61. The van der Waals surface area contributed by atoms with Crippen LogP contribution < -0.4 is 5.32 Å². The van der Waals surface area contributed by atoms with Crippen LogP contribution in [0.1, 0.15) is 57.6 Å². The molecule has 136 valence electrons. The maximum atomic E-state index is 7.49. The van der Waals surface area contributed by atoms with E-state index in [4.69, 9.17) is 5.41 Å². The van der Waals surface area contributed by atoms with Gasteiger partial charge in [0, 0.05) is 17.6 Å². The van der Waals surface area contributed by atoms with E-state index in [0.29, 0.717) is 11.6 Å². The summed E-state index contributed by atoms with van der Waals surface area (Å²) in [5.41, 5.74) is 7.77. The Morgan fingerprint density at radius 3 is 2.35 bits per heavy atom. The molecule has 26 heavy (non-hydrogen) atoms. The van der Waals surface area contributed by atoms with Crippen LogP contribution in [0.3, 0.4) is 0 Å². The lowest BCUT2D eigenvalue weighted by Crippen LogP contribution is -1.98. The smallest absolute Gasteiger partial charge is 0.0415 e. The van der Waals surface area contributed by atoms with Crippen molar-refractivity contribution in [1.29, 1.82) is 5.41 Å². The second kappa shape index (κ2) is 9.19. The third-order valence-electron chi connectivity index (χ3n) is 4.42. The van der Waals surface area contributed by atoms with Crippen LogP contribution in [0.2, 0.25) is 0 Å². The van der Waals surface area contributed by atoms with Crippen molar-refractivity contribution < 1.29 is 0 Å². The van der Waals surface area contributed by atoms with Crippen molar-refractivity contribution in [2.75, 3.05) is 5.32 Å². The summed E-state index contributed by atoms with van der Waals surface area (Å²) in [5.74, 6) is 0.413. The summed E-state index contributed by atoms with van der Waals surface area (Å²) in [5, 5.41) is 10.8. The Labute approximate surface area is 158 Å². The molecule has 2 heteroatoms. The number of hydrogen-bond donors (Lipinski definition) is 2. The van der Waals surface area contributed by atoms with Gasteiger partial charge in [-0.25, -0.2) is 0 Å². The molecule has 0 atom stereocenters. The first kappa shape index (κ1) is 19.7. The molecule has 2 N–H and O–H groups in total. The monoisotopic (exact) mass is 346 g/mol. The van der Waals surface area contributed by atoms with Crippen LogP contribution in [-0.4, -0.2) is 5.71 Å². The van der Waals surface area contributed by atoms with Crippen LogP contribution in [-0.2, 0) is 0 Å². The number of anilines is 1. The van der Waals surface area contributed by atoms with Gasteiger partial charge in [-0.15, -0.1) is 0 Å². The van der Waals surface area contributed by atoms with Crippen LogP contribution in [0.4, 0.5) is 5.69 Å². The minimum Gasteiger partial charge on any atom is -0.361 e. The highest BCUT2D eigenvalue weighted by molar-refractivity contribution is 5.90. The molecule has 0 aliphatic heterocycles. The SMILES string of the molecule is C=C(CCC)c1ccc(-c2ccc(N/C=C\C(C)=N)c(C(C)C)c2)cc1. The van der Waals surface area contributed by atoms with E-state index < -0.39 is 0 Å². The number of benzene rings is 2. The van der Waals surface area contributed by atoms with Crippen LogP contribution in [0, 0.1) is 5.41 Å². The van der Waals surface area contributed by atoms with Gasteiger partial charge in [0.2, 0.25) is 0 Å². The molecule has 2 rings (SSSR count). The van der Waals surface area contributed by atoms with E-state index in [2.05, 4.69) is 75.1 Å². The molecule has 0 radical (unpaired) electrons. The van der Waals surface area contributed by atoms with E-state index in [0.717, 1.165) is 18.5 Å². The highest BCUT2D eigenvalue weighted by Crippen LogP contribution is 2.31. The Balaban J connectivity index is 2.28. The molecule has 0 unspecified atom stereocenters. The van der Waals surface area contributed by atoms with Gasteiger partial charge in [-0.1, -0.05) is 64.1 Å². The van der Waals surface area contributed by atoms with Gasteiger partial charge in [-0.2, -0.15) is 0 Å². The maximum absolute atomic E-state index is 7.49. The third-order valence-corrected chi connectivity index (χ3v) is 4.42. The van der Waals surface area contributed by atoms with Crippen molar-refractivity contribution in [3.63, 3.8) is 0 Å². The first-order chi connectivity index (χ1) is 12.4. The van der Waals surface area contributed by atoms with Crippen molar-refractivity contribution in [2.45, 2.75) is 46.5 Å². The molecule has 0 saturated heterocycles. The van der Waals surface area contributed by atoms with Crippen molar-refractivity contribution in [3.8, 4) is 11.1 Å². The molecular weight excluding hydrogens is 316 g/mol. The molecule has 0 amide bonds. The summed E-state index contributed by atoms with van der Waals surface area (Å²) in [4.78, 5) is 0. The highest BCUT2D eigenvalue weighted by Gasteiger charge is 2.09. The molecule has 0 fully saturated rings. The van der Waals surface area contributed by atoms with Gasteiger partial charge >= 0.3 is 0 Å². The minimum atomic E-state index is 0.413. The Kier molecular flexibility index (Phi) is 6.97. The average molecular weight is 347 g/mol. The van der Waals surface area contributed by atoms with Crippen molar-refractivity contribution in [1.82, 2.24) is 0 Å². The van der Waals surface area contributed by atoms with Gasteiger partial charge in [-0.3, -0.25) is 0 Å². The van der Waals surface area contributed by atoms with Gasteiger partial charge < -0.3 is 10.7 Å². The molecule has 0 heterocycles. The minimum absolute atomic E-state index is 0.413. The fourth-order valence-corrected chi connectivity index (χ4v) is 2.95. The summed E-state index contributed by atoms with van der Waals surface area (Å²) in [6.45, 7) is 12.5. The predicted octanol–water partition coefficient (Wildman–Crippen LogP) is 7.26. The Morgan fingerprint density at radius 1 is 1.12 bits per heavy atom. The van der Waals surface area contributed by atoms with E-state index in [9.17, 15) is 0 Å². The molecule has 2 aromatic rings. The Bertz CT molecular complexity index is 795. The van der Waals surface area contributed by atoms with Gasteiger partial charge in [0.25, 0.3) is 0 Å². The van der Waals surface area contributed by atoms with E-state index in [1.54, 1.807) is 13.0 Å². The fourth-order valence-electron chi connectivity index (χ4n) is 2.95. The number of nitrogens with one attached hydrogen (secondary N) is 2. The normalized spacial score (nSPS) is 11.1. The fraction of sp³-hybridized carbons (Fsp3) is 0.292. The van der Waals surface area contributed by atoms with E-state index in [-0.39, 0.29) is 0 Å². The van der Waals surface area contributed by atoms with Crippen LogP contribution in [0.5, 0.6) is 0 Å². The zero-order chi connectivity index (χ0) is 19.1. The van der Waals surface area contributed by atoms with E-state index in [1.807, 2.05) is 6.20 Å². The van der Waals surface area contributed by atoms with Crippen molar-refractivity contribution >= 4 is 17.0 Å². The molecule has 0 bridgehead atoms. The lowest BCUT2D eigenvalue weighted by atomic mass is 9.94. The zero-order valence-electron chi connectivity index (χ0n) is 16.4. The molecular formula is C24H30N2. The summed E-state index contributed by atoms with van der Waals surface area (Å²) in [6, 6.07) is 15.2. The molecule has 2 aromatic carbocycles. The highest BCUT2D eigenvalue weighted by atomic mass is 14.8. The van der Waals surface area contributed by atoms with Crippen LogP contribution in [0.15, 0.2) is 61.3 Å². The zero-order valence-corrected chi connectivity index (χ0v) is 16.4. The molecule has 0 aromatic heterocycles. The lowest BCUT2D eigenvalue weighted by Gasteiger charge is -2.15. The first-order valence-electron chi connectivity index (χ1n) is 9.33. The van der Waals surface area contributed by atoms with Crippen LogP contribution >= 0.6 is 0 Å². The molecule has 0 spiro atoms. The molecule has 2 nitrogen and oxygen atoms in total. The van der Waals surface area contributed by atoms with Gasteiger partial charge in [0.15, 0.2) is 0 Å². The molecule has 0 saturated carbocycles. The lowest BCUT2D eigenvalue weighted by molar-refractivity contribution is 0.869. The maximum Gasteiger partial charge on any atom is 0.0415 e. The quantitative estimate of drug-likeness (QED) is 0.485. The summed E-state index contributed by atoms with van der Waals surface area (Å²) in [6.07, 6.45) is 5.76. The largest absolute Gasteiger partial charge is 0.361 e. The first-order valence-corrected chi connectivity index (χ1v) is 9.33. The molecule has 0 aliphatic carbocycles. The van der Waals surface area contributed by atoms with E-state index >= 15 is 0 Å². The summed E-state index contributed by atoms with van der Waals surface area (Å²) in [7, 11) is 0. The summed E-state index contributed by atoms with van der Waals surface area (Å²) < 4.78 is 0. The molecule has 0 aliphatic rings. The standard InChI is InChI=1S/C24H30N2/c1-6-7-18(4)20-8-10-21(11-9-20)22-12-13-24(23(16-22)17(2)3)26-15-14-19(5)25/h8-17,25-26H,4,6-7H2,1-3,5H3/b15-14-,25-19?. The number of allylic oxidation sites excluding steroid dienone is 2. The third kappa shape index (κ3) is 5.19. The Morgan fingerprint density at radius 2 is 1.77 bits per heavy atom. The second-order valence-corrected chi connectivity index (χ2v) is 7.05. The predicted molar refractivity (Wildman–Crippen MR) is 116 cm³/mol.